The number of esters is 1. The Morgan fingerprint density at radius 1 is 1.06 bits per heavy atom. The minimum absolute atomic E-state index is 0.145. The minimum Gasteiger partial charge on any atom is -0.466 e. The molecule has 34 heavy (non-hydrogen) atoms. The fourth-order valence-corrected chi connectivity index (χ4v) is 3.61. The van der Waals surface area contributed by atoms with Crippen LogP contribution in [0.3, 0.4) is 0 Å². The Morgan fingerprint density at radius 3 is 2.50 bits per heavy atom. The van der Waals surface area contributed by atoms with Gasteiger partial charge in [-0.15, -0.1) is 0 Å². The summed E-state index contributed by atoms with van der Waals surface area (Å²) in [6.45, 7) is -0.175. The first kappa shape index (κ1) is 25.4. The van der Waals surface area contributed by atoms with E-state index in [0.29, 0.717) is 33.1 Å². The quantitative estimate of drug-likeness (QED) is 0.254. The number of ether oxygens (including phenoxy) is 1. The van der Waals surface area contributed by atoms with Gasteiger partial charge in [0.1, 0.15) is 0 Å². The molecule has 0 atom stereocenters. The molecule has 0 unspecified atom stereocenters. The number of carbonyl (C=O) groups excluding carboxylic acids is 2. The van der Waals surface area contributed by atoms with Crippen LogP contribution in [0.25, 0.3) is 17.3 Å². The number of nitrogens with one attached hydrogen (secondary N) is 1. The monoisotopic (exact) mass is 520 g/mol. The highest BCUT2D eigenvalue weighted by atomic mass is 35.5. The molecule has 3 rings (SSSR count). The molecular weight excluding hydrogens is 503 g/mol. The van der Waals surface area contributed by atoms with Crippen LogP contribution in [-0.4, -0.2) is 32.4 Å². The number of halogens is 2. The number of rotatable bonds is 8. The molecule has 2 aromatic carbocycles. The molecule has 0 aliphatic heterocycles. The normalized spacial score (nSPS) is 11.1. The maximum Gasteiger partial charge on any atom is 0.330 e. The van der Waals surface area contributed by atoms with Crippen molar-refractivity contribution in [3.63, 3.8) is 0 Å². The molecule has 1 heterocycles. The van der Waals surface area contributed by atoms with E-state index in [9.17, 15) is 18.0 Å². The number of thiol groups is 1. The van der Waals surface area contributed by atoms with Crippen LogP contribution in [0.2, 0.25) is 10.0 Å². The summed E-state index contributed by atoms with van der Waals surface area (Å²) >= 11 is 12.5. The largest absolute Gasteiger partial charge is 0.466 e. The van der Waals surface area contributed by atoms with Crippen molar-refractivity contribution in [2.75, 3.05) is 12.4 Å². The van der Waals surface area contributed by atoms with Crippen molar-refractivity contribution in [2.24, 2.45) is 0 Å². The number of hydrogen-bond acceptors (Lipinski definition) is 7. The van der Waals surface area contributed by atoms with E-state index in [2.05, 4.69) is 19.2 Å². The Bertz CT molecular complexity index is 1320. The molecule has 0 radical (unpaired) electrons. The van der Waals surface area contributed by atoms with E-state index in [0.717, 1.165) is 0 Å². The zero-order chi connectivity index (χ0) is 24.7. The lowest BCUT2D eigenvalue weighted by Gasteiger charge is -2.11. The fraction of sp³-hybridized carbons (Fsp3) is 0.0870. The van der Waals surface area contributed by atoms with Crippen molar-refractivity contribution >= 4 is 57.8 Å². The molecule has 8 nitrogen and oxygen atoms in total. The van der Waals surface area contributed by atoms with E-state index < -0.39 is 22.9 Å². The molecule has 0 aliphatic carbocycles. The van der Waals surface area contributed by atoms with Crippen LogP contribution in [0.5, 0.6) is 0 Å². The predicted octanol–water partition coefficient (Wildman–Crippen LogP) is 4.54. The predicted molar refractivity (Wildman–Crippen MR) is 130 cm³/mol. The summed E-state index contributed by atoms with van der Waals surface area (Å²) < 4.78 is 30.2. The lowest BCUT2D eigenvalue weighted by Crippen LogP contribution is -2.12. The van der Waals surface area contributed by atoms with Crippen LogP contribution >= 0.6 is 23.2 Å². The first-order chi connectivity index (χ1) is 16.3. The van der Waals surface area contributed by atoms with Crippen molar-refractivity contribution in [3.05, 3.63) is 87.5 Å². The van der Waals surface area contributed by atoms with Crippen molar-refractivity contribution < 1.29 is 26.9 Å². The van der Waals surface area contributed by atoms with Gasteiger partial charge in [0, 0.05) is 23.5 Å². The average molecular weight is 521 g/mol. The van der Waals surface area contributed by atoms with Crippen LogP contribution in [0, 0.1) is 0 Å². The van der Waals surface area contributed by atoms with Gasteiger partial charge in [0.15, 0.2) is 0 Å². The topological polar surface area (TPSA) is 112 Å². The van der Waals surface area contributed by atoms with Gasteiger partial charge in [-0.05, 0) is 53.6 Å². The highest BCUT2D eigenvalue weighted by Gasteiger charge is 2.13. The SMILES string of the molecule is COC(=O)/C=C/c1ccc(-c2cc(NC(=O)c3ccc(CO[SH](=O)=O)cc3Cl)ccc2Cl)nc1. The highest BCUT2D eigenvalue weighted by Crippen LogP contribution is 2.30. The second-order valence-corrected chi connectivity index (χ2v) is 8.31. The molecule has 0 spiro atoms. The number of carbonyl (C=O) groups is 2. The van der Waals surface area contributed by atoms with Crippen LogP contribution in [0.4, 0.5) is 5.69 Å². The fourth-order valence-electron chi connectivity index (χ4n) is 2.85. The molecule has 11 heteroatoms. The Hall–Kier alpha value is -3.24. The summed E-state index contributed by atoms with van der Waals surface area (Å²) in [7, 11) is -1.69. The molecule has 3 aromatic rings. The average Bonchev–Trinajstić information content (AvgIpc) is 2.82. The number of nitrogens with zero attached hydrogens (tertiary/aromatic N) is 1. The van der Waals surface area contributed by atoms with Gasteiger partial charge in [0.05, 0.1) is 35.0 Å². The Balaban J connectivity index is 1.77. The van der Waals surface area contributed by atoms with Gasteiger partial charge >= 0.3 is 5.97 Å². The van der Waals surface area contributed by atoms with Crippen LogP contribution in [-0.2, 0) is 31.3 Å². The molecule has 0 fully saturated rings. The third-order valence-electron chi connectivity index (χ3n) is 4.51. The standard InChI is InChI=1S/C23H18Cl2N2O6S/c1-32-22(28)9-4-14-3-8-21(26-12-14)18-11-16(5-7-19(18)24)27-23(29)17-6-2-15(10-20(17)25)13-33-34(30)31/h2-12,34H,13H2,1H3,(H,27,29)/b9-4+. The van der Waals surface area contributed by atoms with Gasteiger partial charge in [0.25, 0.3) is 16.9 Å². The second kappa shape index (κ2) is 11.8. The number of methoxy groups -OCH3 is 1. The van der Waals surface area contributed by atoms with Gasteiger partial charge in [-0.25, -0.2) is 13.2 Å². The van der Waals surface area contributed by atoms with Crippen LogP contribution in [0.1, 0.15) is 21.5 Å². The summed E-state index contributed by atoms with van der Waals surface area (Å²) in [4.78, 5) is 28.3. The lowest BCUT2D eigenvalue weighted by atomic mass is 10.1. The third-order valence-corrected chi connectivity index (χ3v) is 5.50. The third kappa shape index (κ3) is 6.88. The molecular formula is C23H18Cl2N2O6S. The molecule has 0 bridgehead atoms. The maximum absolute atomic E-state index is 12.7. The number of aromatic nitrogens is 1. The summed E-state index contributed by atoms with van der Waals surface area (Å²) in [6.07, 6.45) is 4.43. The van der Waals surface area contributed by atoms with E-state index in [1.54, 1.807) is 48.7 Å². The number of hydrogen-bond donors (Lipinski definition) is 2. The summed E-state index contributed by atoms with van der Waals surface area (Å²) in [5, 5.41) is 3.33. The number of pyridine rings is 1. The van der Waals surface area contributed by atoms with Gasteiger partial charge in [-0.2, -0.15) is 0 Å². The molecule has 1 aromatic heterocycles. The highest BCUT2D eigenvalue weighted by molar-refractivity contribution is 7.67. The van der Waals surface area contributed by atoms with Gasteiger partial charge in [-0.3, -0.25) is 14.0 Å². The summed E-state index contributed by atoms with van der Waals surface area (Å²) in [5.41, 5.74) is 3.02. The van der Waals surface area contributed by atoms with E-state index >= 15 is 0 Å². The van der Waals surface area contributed by atoms with E-state index in [1.807, 2.05) is 0 Å². The summed E-state index contributed by atoms with van der Waals surface area (Å²) in [6, 6.07) is 12.9. The van der Waals surface area contributed by atoms with E-state index in [-0.39, 0.29) is 17.2 Å². The van der Waals surface area contributed by atoms with Gasteiger partial charge < -0.3 is 10.1 Å². The Kier molecular flexibility index (Phi) is 8.78. The van der Waals surface area contributed by atoms with Crippen molar-refractivity contribution in [2.45, 2.75) is 6.61 Å². The molecule has 0 saturated carbocycles. The molecule has 1 N–H and O–H groups in total. The van der Waals surface area contributed by atoms with E-state index in [1.165, 1.54) is 25.3 Å². The van der Waals surface area contributed by atoms with E-state index in [4.69, 9.17) is 23.2 Å². The zero-order valence-corrected chi connectivity index (χ0v) is 20.1. The minimum atomic E-state index is -2.98. The van der Waals surface area contributed by atoms with Crippen LogP contribution in [0.15, 0.2) is 60.8 Å². The van der Waals surface area contributed by atoms with Gasteiger partial charge in [-0.1, -0.05) is 35.3 Å². The van der Waals surface area contributed by atoms with Crippen molar-refractivity contribution in [1.82, 2.24) is 4.98 Å². The molecule has 1 amide bonds. The zero-order valence-electron chi connectivity index (χ0n) is 17.7. The molecule has 176 valence electrons. The maximum atomic E-state index is 12.7. The molecule has 0 aliphatic rings. The first-order valence-corrected chi connectivity index (χ1v) is 11.5. The van der Waals surface area contributed by atoms with Crippen molar-refractivity contribution in [1.29, 1.82) is 0 Å². The number of amides is 1. The number of anilines is 1. The van der Waals surface area contributed by atoms with Crippen LogP contribution < -0.4 is 5.32 Å². The smallest absolute Gasteiger partial charge is 0.330 e. The lowest BCUT2D eigenvalue weighted by molar-refractivity contribution is -0.134. The molecule has 0 saturated heterocycles. The van der Waals surface area contributed by atoms with Crippen molar-refractivity contribution in [3.8, 4) is 11.3 Å². The van der Waals surface area contributed by atoms with Gasteiger partial charge in [0.2, 0.25) is 0 Å². The summed E-state index contributed by atoms with van der Waals surface area (Å²) in [5.74, 6) is -0.935. The Morgan fingerprint density at radius 2 is 1.85 bits per heavy atom. The Labute approximate surface area is 207 Å². The number of benzene rings is 2. The first-order valence-electron chi connectivity index (χ1n) is 9.66. The second-order valence-electron chi connectivity index (χ2n) is 6.79.